The minimum Gasteiger partial charge on any atom is -0.494 e. The highest BCUT2D eigenvalue weighted by Crippen LogP contribution is 2.24. The first-order valence-corrected chi connectivity index (χ1v) is 8.46. The number of H-pyrrole nitrogens is 1. The van der Waals surface area contributed by atoms with Crippen molar-refractivity contribution in [3.8, 4) is 5.75 Å². The highest BCUT2D eigenvalue weighted by atomic mass is 19.1. The third-order valence-corrected chi connectivity index (χ3v) is 4.37. The number of halogens is 1. The van der Waals surface area contributed by atoms with Crippen LogP contribution in [0.1, 0.15) is 11.4 Å². The van der Waals surface area contributed by atoms with Crippen molar-refractivity contribution in [2.24, 2.45) is 0 Å². The van der Waals surface area contributed by atoms with E-state index in [-0.39, 0.29) is 16.9 Å². The minimum atomic E-state index is -0.402. The van der Waals surface area contributed by atoms with E-state index in [9.17, 15) is 9.18 Å². The van der Waals surface area contributed by atoms with Crippen LogP contribution in [-0.4, -0.2) is 29.0 Å². The van der Waals surface area contributed by atoms with E-state index in [1.54, 1.807) is 18.2 Å². The highest BCUT2D eigenvalue weighted by Gasteiger charge is 2.14. The van der Waals surface area contributed by atoms with E-state index < -0.39 is 5.82 Å². The quantitative estimate of drug-likeness (QED) is 0.585. The van der Waals surface area contributed by atoms with Crippen LogP contribution in [-0.2, 0) is 13.1 Å². The Labute approximate surface area is 154 Å². The van der Waals surface area contributed by atoms with Crippen LogP contribution in [0.3, 0.4) is 0 Å². The van der Waals surface area contributed by atoms with Gasteiger partial charge in [0.05, 0.1) is 13.7 Å². The molecule has 2 heterocycles. The van der Waals surface area contributed by atoms with E-state index in [0.29, 0.717) is 30.0 Å². The maximum absolute atomic E-state index is 13.9. The average Bonchev–Trinajstić information content (AvgIpc) is 3.01. The van der Waals surface area contributed by atoms with Gasteiger partial charge in [-0.05, 0) is 36.9 Å². The molecule has 0 bridgehead atoms. The number of aromatic amines is 1. The summed E-state index contributed by atoms with van der Waals surface area (Å²) in [6, 6.07) is 12.3. The number of fused-ring (bicyclic) bond motifs is 3. The van der Waals surface area contributed by atoms with Crippen LogP contribution in [0.15, 0.2) is 51.7 Å². The number of nitrogens with zero attached hydrogens (tertiary/aromatic N) is 2. The van der Waals surface area contributed by atoms with Gasteiger partial charge in [-0.25, -0.2) is 9.37 Å². The Balaban J connectivity index is 1.60. The van der Waals surface area contributed by atoms with Crippen LogP contribution in [0.25, 0.3) is 22.1 Å². The SMILES string of the molecule is COc1ccc(CN(C)Cc2nc3c(oc4ccccc43)c(=O)[nH]2)cc1F. The fraction of sp³-hybridized carbons (Fsp3) is 0.200. The van der Waals surface area contributed by atoms with Gasteiger partial charge in [0.15, 0.2) is 11.6 Å². The van der Waals surface area contributed by atoms with Crippen LogP contribution >= 0.6 is 0 Å². The first kappa shape index (κ1) is 17.2. The van der Waals surface area contributed by atoms with Crippen molar-refractivity contribution in [1.29, 1.82) is 0 Å². The zero-order chi connectivity index (χ0) is 19.0. The normalized spacial score (nSPS) is 11.6. The van der Waals surface area contributed by atoms with Gasteiger partial charge in [-0.15, -0.1) is 0 Å². The lowest BCUT2D eigenvalue weighted by atomic mass is 10.2. The fourth-order valence-corrected chi connectivity index (χ4v) is 3.15. The molecular formula is C20H18FN3O3. The number of furan rings is 1. The second-order valence-corrected chi connectivity index (χ2v) is 6.43. The lowest BCUT2D eigenvalue weighted by Gasteiger charge is -2.16. The average molecular weight is 367 g/mol. The highest BCUT2D eigenvalue weighted by molar-refractivity contribution is 6.01. The summed E-state index contributed by atoms with van der Waals surface area (Å²) in [5.74, 6) is 0.335. The number of rotatable bonds is 5. The second kappa shape index (κ2) is 6.85. The predicted molar refractivity (Wildman–Crippen MR) is 100 cm³/mol. The molecule has 0 unspecified atom stereocenters. The van der Waals surface area contributed by atoms with Crippen molar-refractivity contribution in [1.82, 2.24) is 14.9 Å². The summed E-state index contributed by atoms with van der Waals surface area (Å²) < 4.78 is 24.4. The standard InChI is InChI=1S/C20H18FN3O3/c1-24(10-12-7-8-16(26-2)14(21)9-12)11-17-22-18-13-5-3-4-6-15(13)27-19(18)20(25)23-17/h3-9H,10-11H2,1-2H3,(H,22,23,25). The van der Waals surface area contributed by atoms with Crippen LogP contribution < -0.4 is 10.3 Å². The van der Waals surface area contributed by atoms with E-state index in [1.165, 1.54) is 13.2 Å². The first-order chi connectivity index (χ1) is 13.0. The van der Waals surface area contributed by atoms with Gasteiger partial charge in [-0.2, -0.15) is 0 Å². The zero-order valence-electron chi connectivity index (χ0n) is 15.0. The van der Waals surface area contributed by atoms with Gasteiger partial charge in [0.1, 0.15) is 16.9 Å². The van der Waals surface area contributed by atoms with Crippen molar-refractivity contribution in [2.75, 3.05) is 14.2 Å². The van der Waals surface area contributed by atoms with Crippen LogP contribution in [0.5, 0.6) is 5.75 Å². The molecule has 2 aromatic heterocycles. The lowest BCUT2D eigenvalue weighted by Crippen LogP contribution is -2.21. The number of nitrogens with one attached hydrogen (secondary N) is 1. The summed E-state index contributed by atoms with van der Waals surface area (Å²) >= 11 is 0. The van der Waals surface area contributed by atoms with E-state index in [0.717, 1.165) is 10.9 Å². The number of methoxy groups -OCH3 is 1. The number of benzene rings is 2. The van der Waals surface area contributed by atoms with Gasteiger partial charge in [0, 0.05) is 11.9 Å². The molecule has 1 N–H and O–H groups in total. The third-order valence-electron chi connectivity index (χ3n) is 4.37. The van der Waals surface area contributed by atoms with Crippen molar-refractivity contribution in [3.63, 3.8) is 0 Å². The summed E-state index contributed by atoms with van der Waals surface area (Å²) in [7, 11) is 3.31. The van der Waals surface area contributed by atoms with Crippen LogP contribution in [0.4, 0.5) is 4.39 Å². The van der Waals surface area contributed by atoms with Gasteiger partial charge < -0.3 is 14.1 Å². The first-order valence-electron chi connectivity index (χ1n) is 8.46. The van der Waals surface area contributed by atoms with Gasteiger partial charge >= 0.3 is 0 Å². The molecule has 0 aliphatic carbocycles. The molecule has 4 aromatic rings. The molecule has 138 valence electrons. The van der Waals surface area contributed by atoms with E-state index >= 15 is 0 Å². The molecule has 0 fully saturated rings. The number of hydrogen-bond donors (Lipinski definition) is 1. The number of ether oxygens (including phenoxy) is 1. The maximum atomic E-state index is 13.9. The van der Waals surface area contributed by atoms with E-state index in [2.05, 4.69) is 9.97 Å². The lowest BCUT2D eigenvalue weighted by molar-refractivity contribution is 0.309. The van der Waals surface area contributed by atoms with Crippen molar-refractivity contribution in [2.45, 2.75) is 13.1 Å². The molecule has 0 radical (unpaired) electrons. The van der Waals surface area contributed by atoms with Crippen LogP contribution in [0.2, 0.25) is 0 Å². The molecule has 2 aromatic carbocycles. The maximum Gasteiger partial charge on any atom is 0.294 e. The van der Waals surface area contributed by atoms with Crippen molar-refractivity contribution in [3.05, 3.63) is 70.0 Å². The Bertz CT molecular complexity index is 1180. The summed E-state index contributed by atoms with van der Waals surface area (Å²) in [6.45, 7) is 0.896. The molecule has 7 heteroatoms. The number of para-hydroxylation sites is 1. The molecule has 27 heavy (non-hydrogen) atoms. The molecule has 6 nitrogen and oxygen atoms in total. The van der Waals surface area contributed by atoms with Gasteiger partial charge in [0.2, 0.25) is 5.58 Å². The topological polar surface area (TPSA) is 71.4 Å². The summed E-state index contributed by atoms with van der Waals surface area (Å²) in [5, 5.41) is 0.805. The van der Waals surface area contributed by atoms with Crippen molar-refractivity contribution >= 4 is 22.1 Å². The molecule has 0 saturated carbocycles. The van der Waals surface area contributed by atoms with E-state index in [1.807, 2.05) is 30.1 Å². The molecule has 0 aliphatic rings. The van der Waals surface area contributed by atoms with Gasteiger partial charge in [-0.1, -0.05) is 18.2 Å². The summed E-state index contributed by atoms with van der Waals surface area (Å²) in [6.07, 6.45) is 0. The van der Waals surface area contributed by atoms with Crippen LogP contribution in [0, 0.1) is 5.82 Å². The molecule has 0 atom stereocenters. The Hall–Kier alpha value is -3.19. The van der Waals surface area contributed by atoms with Crippen molar-refractivity contribution < 1.29 is 13.5 Å². The molecule has 0 aliphatic heterocycles. The van der Waals surface area contributed by atoms with Gasteiger partial charge in [0.25, 0.3) is 5.56 Å². The Morgan fingerprint density at radius 1 is 1.22 bits per heavy atom. The number of hydrogen-bond acceptors (Lipinski definition) is 5. The van der Waals surface area contributed by atoms with E-state index in [4.69, 9.17) is 9.15 Å². The largest absolute Gasteiger partial charge is 0.494 e. The third kappa shape index (κ3) is 3.29. The zero-order valence-corrected chi connectivity index (χ0v) is 15.0. The molecule has 4 rings (SSSR count). The second-order valence-electron chi connectivity index (χ2n) is 6.43. The smallest absolute Gasteiger partial charge is 0.294 e. The van der Waals surface area contributed by atoms with Gasteiger partial charge in [-0.3, -0.25) is 9.69 Å². The predicted octanol–water partition coefficient (Wildman–Crippen LogP) is 3.45. The Kier molecular flexibility index (Phi) is 4.37. The fourth-order valence-electron chi connectivity index (χ4n) is 3.15. The summed E-state index contributed by atoms with van der Waals surface area (Å²) in [5.41, 5.74) is 1.89. The molecule has 0 amide bonds. The molecule has 0 saturated heterocycles. The summed E-state index contributed by atoms with van der Waals surface area (Å²) in [4.78, 5) is 21.6. The molecular weight excluding hydrogens is 349 g/mol. The Morgan fingerprint density at radius 3 is 2.81 bits per heavy atom. The monoisotopic (exact) mass is 367 g/mol. The Morgan fingerprint density at radius 2 is 2.04 bits per heavy atom. The minimum absolute atomic E-state index is 0.213. The molecule has 0 spiro atoms. The number of aromatic nitrogens is 2.